The molecule has 0 aromatic carbocycles. The predicted molar refractivity (Wildman–Crippen MR) is 94.5 cm³/mol. The van der Waals surface area contributed by atoms with Crippen LogP contribution in [0.25, 0.3) is 0 Å². The van der Waals surface area contributed by atoms with Gasteiger partial charge in [-0.15, -0.1) is 0 Å². The lowest BCUT2D eigenvalue weighted by Gasteiger charge is -2.30. The van der Waals surface area contributed by atoms with Crippen molar-refractivity contribution in [3.63, 3.8) is 0 Å². The van der Waals surface area contributed by atoms with Crippen molar-refractivity contribution in [3.05, 3.63) is 0 Å². The second-order valence-corrected chi connectivity index (χ2v) is 7.97. The summed E-state index contributed by atoms with van der Waals surface area (Å²) in [5.41, 5.74) is 0. The van der Waals surface area contributed by atoms with Crippen molar-refractivity contribution in [1.29, 1.82) is 0 Å². The molecule has 0 aromatic heterocycles. The summed E-state index contributed by atoms with van der Waals surface area (Å²) in [6.45, 7) is 7.00. The molecule has 2 saturated heterocycles. The van der Waals surface area contributed by atoms with Crippen LogP contribution in [0.5, 0.6) is 0 Å². The van der Waals surface area contributed by atoms with Crippen LogP contribution < -0.4 is 5.32 Å². The first kappa shape index (κ1) is 17.7. The number of nitrogens with one attached hydrogen (secondary N) is 1. The molecule has 2 aliphatic heterocycles. The van der Waals surface area contributed by atoms with Crippen LogP contribution in [0.4, 0.5) is 0 Å². The van der Waals surface area contributed by atoms with E-state index < -0.39 is 0 Å². The van der Waals surface area contributed by atoms with Gasteiger partial charge < -0.3 is 15.1 Å². The Bertz CT molecular complexity index is 450. The van der Waals surface area contributed by atoms with Crippen LogP contribution in [0.3, 0.4) is 0 Å². The fourth-order valence-electron chi connectivity index (χ4n) is 4.43. The smallest absolute Gasteiger partial charge is 0.222 e. The van der Waals surface area contributed by atoms with Crippen molar-refractivity contribution in [2.75, 3.05) is 32.7 Å². The standard InChI is InChI=1S/C19H33N3O2/c1-2-5-16-13-21(12-15-6-3-7-15)14-17(16)20-18(23)9-11-22-10-4-8-19(22)24/h15-17H,2-14H2,1H3,(H,20,23)/t16-,17-/m0/s1. The minimum absolute atomic E-state index is 0.117. The molecule has 1 aliphatic carbocycles. The number of carbonyl (C=O) groups excluding carboxylic acids is 2. The summed E-state index contributed by atoms with van der Waals surface area (Å²) >= 11 is 0. The number of likely N-dealkylation sites (tertiary alicyclic amines) is 2. The summed E-state index contributed by atoms with van der Waals surface area (Å²) in [7, 11) is 0. The zero-order valence-electron chi connectivity index (χ0n) is 15.1. The molecule has 2 amide bonds. The van der Waals surface area contributed by atoms with Gasteiger partial charge in [0.1, 0.15) is 0 Å². The first-order chi connectivity index (χ1) is 11.7. The summed E-state index contributed by atoms with van der Waals surface area (Å²) < 4.78 is 0. The Kier molecular flexibility index (Phi) is 6.14. The molecule has 0 bridgehead atoms. The van der Waals surface area contributed by atoms with Crippen LogP contribution in [0.2, 0.25) is 0 Å². The molecule has 0 aromatic rings. The van der Waals surface area contributed by atoms with Crippen LogP contribution in [0, 0.1) is 11.8 Å². The molecule has 2 atom stereocenters. The average Bonchev–Trinajstić information content (AvgIpc) is 3.08. The molecule has 0 spiro atoms. The van der Waals surface area contributed by atoms with E-state index in [0.717, 1.165) is 32.0 Å². The molecular weight excluding hydrogens is 302 g/mol. The number of carbonyl (C=O) groups is 2. The van der Waals surface area contributed by atoms with Gasteiger partial charge in [0.05, 0.1) is 0 Å². The van der Waals surface area contributed by atoms with Crippen molar-refractivity contribution in [1.82, 2.24) is 15.1 Å². The summed E-state index contributed by atoms with van der Waals surface area (Å²) in [4.78, 5) is 28.4. The van der Waals surface area contributed by atoms with E-state index in [1.54, 1.807) is 0 Å². The zero-order chi connectivity index (χ0) is 16.9. The molecule has 5 heteroatoms. The normalized spacial score (nSPS) is 28.4. The zero-order valence-corrected chi connectivity index (χ0v) is 15.1. The number of hydrogen-bond acceptors (Lipinski definition) is 3. The van der Waals surface area contributed by atoms with E-state index in [1.807, 2.05) is 4.90 Å². The fraction of sp³-hybridized carbons (Fsp3) is 0.895. The van der Waals surface area contributed by atoms with E-state index in [9.17, 15) is 9.59 Å². The SMILES string of the molecule is CCC[C@H]1CN(CC2CCC2)C[C@@H]1NC(=O)CCN1CCCC1=O. The monoisotopic (exact) mass is 335 g/mol. The van der Waals surface area contributed by atoms with Crippen molar-refractivity contribution in [3.8, 4) is 0 Å². The average molecular weight is 335 g/mol. The minimum atomic E-state index is 0.117. The Morgan fingerprint density at radius 3 is 2.71 bits per heavy atom. The molecule has 3 aliphatic rings. The maximum Gasteiger partial charge on any atom is 0.222 e. The number of amides is 2. The first-order valence-corrected chi connectivity index (χ1v) is 9.95. The Morgan fingerprint density at radius 2 is 2.08 bits per heavy atom. The van der Waals surface area contributed by atoms with E-state index in [2.05, 4.69) is 17.1 Å². The molecule has 3 fully saturated rings. The third kappa shape index (κ3) is 4.50. The lowest BCUT2D eigenvalue weighted by Crippen LogP contribution is -2.42. The summed E-state index contributed by atoms with van der Waals surface area (Å²) in [5.74, 6) is 1.81. The van der Waals surface area contributed by atoms with Gasteiger partial charge in [-0.3, -0.25) is 9.59 Å². The van der Waals surface area contributed by atoms with Gasteiger partial charge in [0.25, 0.3) is 0 Å². The molecule has 2 heterocycles. The van der Waals surface area contributed by atoms with Gasteiger partial charge >= 0.3 is 0 Å². The van der Waals surface area contributed by atoms with Crippen LogP contribution >= 0.6 is 0 Å². The fourth-order valence-corrected chi connectivity index (χ4v) is 4.43. The summed E-state index contributed by atoms with van der Waals surface area (Å²) in [5, 5.41) is 3.27. The van der Waals surface area contributed by atoms with Gasteiger partial charge in [-0.1, -0.05) is 19.8 Å². The second kappa shape index (κ2) is 8.32. The van der Waals surface area contributed by atoms with Gasteiger partial charge in [-0.05, 0) is 37.5 Å². The predicted octanol–water partition coefficient (Wildman–Crippen LogP) is 2.02. The van der Waals surface area contributed by atoms with Crippen LogP contribution in [-0.2, 0) is 9.59 Å². The lowest BCUT2D eigenvalue weighted by molar-refractivity contribution is -0.128. The van der Waals surface area contributed by atoms with E-state index in [1.165, 1.54) is 38.6 Å². The van der Waals surface area contributed by atoms with Crippen molar-refractivity contribution in [2.45, 2.75) is 64.3 Å². The minimum Gasteiger partial charge on any atom is -0.352 e. The molecule has 0 radical (unpaired) electrons. The van der Waals surface area contributed by atoms with Gasteiger partial charge in [-0.25, -0.2) is 0 Å². The highest BCUT2D eigenvalue weighted by Crippen LogP contribution is 2.30. The molecular formula is C19H33N3O2. The van der Waals surface area contributed by atoms with Crippen molar-refractivity contribution >= 4 is 11.8 Å². The van der Waals surface area contributed by atoms with E-state index in [0.29, 0.717) is 31.3 Å². The third-order valence-electron chi connectivity index (χ3n) is 6.04. The molecule has 3 rings (SSSR count). The van der Waals surface area contributed by atoms with Crippen molar-refractivity contribution in [2.24, 2.45) is 11.8 Å². The van der Waals surface area contributed by atoms with E-state index >= 15 is 0 Å². The maximum absolute atomic E-state index is 12.3. The van der Waals surface area contributed by atoms with Crippen LogP contribution in [0.1, 0.15) is 58.3 Å². The topological polar surface area (TPSA) is 52.7 Å². The molecule has 0 unspecified atom stereocenters. The molecule has 1 N–H and O–H groups in total. The van der Waals surface area contributed by atoms with Gasteiger partial charge in [-0.2, -0.15) is 0 Å². The van der Waals surface area contributed by atoms with Crippen molar-refractivity contribution < 1.29 is 9.59 Å². The highest BCUT2D eigenvalue weighted by molar-refractivity contribution is 5.80. The van der Waals surface area contributed by atoms with Gasteiger partial charge in [0.15, 0.2) is 0 Å². The maximum atomic E-state index is 12.3. The van der Waals surface area contributed by atoms with E-state index in [4.69, 9.17) is 0 Å². The number of hydrogen-bond donors (Lipinski definition) is 1. The quantitative estimate of drug-likeness (QED) is 0.738. The second-order valence-electron chi connectivity index (χ2n) is 7.97. The van der Waals surface area contributed by atoms with E-state index in [-0.39, 0.29) is 11.8 Å². The summed E-state index contributed by atoms with van der Waals surface area (Å²) in [6.07, 6.45) is 8.58. The van der Waals surface area contributed by atoms with Gasteiger partial charge in [0.2, 0.25) is 11.8 Å². The number of rotatable bonds is 8. The third-order valence-corrected chi connectivity index (χ3v) is 6.04. The Morgan fingerprint density at radius 1 is 1.25 bits per heavy atom. The Labute approximate surface area is 146 Å². The largest absolute Gasteiger partial charge is 0.352 e. The summed E-state index contributed by atoms with van der Waals surface area (Å²) in [6, 6.07) is 0.298. The molecule has 5 nitrogen and oxygen atoms in total. The molecule has 136 valence electrons. The lowest BCUT2D eigenvalue weighted by atomic mass is 9.85. The van der Waals surface area contributed by atoms with Gasteiger partial charge in [0, 0.05) is 51.6 Å². The Balaban J connectivity index is 1.44. The number of nitrogens with zero attached hydrogens (tertiary/aromatic N) is 2. The first-order valence-electron chi connectivity index (χ1n) is 9.95. The van der Waals surface area contributed by atoms with Crippen LogP contribution in [-0.4, -0.2) is 60.4 Å². The molecule has 1 saturated carbocycles. The Hall–Kier alpha value is -1.10. The highest BCUT2D eigenvalue weighted by atomic mass is 16.2. The van der Waals surface area contributed by atoms with Crippen LogP contribution in [0.15, 0.2) is 0 Å². The highest BCUT2D eigenvalue weighted by Gasteiger charge is 2.34. The molecule has 24 heavy (non-hydrogen) atoms.